The zero-order valence-electron chi connectivity index (χ0n) is 34.1. The molecule has 0 atom stereocenters. The van der Waals surface area contributed by atoms with Crippen LogP contribution in [0.25, 0.3) is 75.5 Å². The van der Waals surface area contributed by atoms with Gasteiger partial charge in [0.05, 0.1) is 5.69 Å². The molecule has 0 amide bonds. The number of hydrogen-bond donors (Lipinski definition) is 0. The van der Waals surface area contributed by atoms with Gasteiger partial charge in [0.1, 0.15) is 0 Å². The molecule has 0 unspecified atom stereocenters. The number of para-hydroxylation sites is 1. The van der Waals surface area contributed by atoms with E-state index in [2.05, 4.69) is 229 Å². The SMILES string of the molecule is c1ccc(-c2ccc(-c3ccccc3N(c3ccc4c(c3)Cc3ccccc3-c3ccccc3Cc3ccccc3-4)c3ccc4c5ccccc5c5ccccc5c4c3)s2)cc1. The van der Waals surface area contributed by atoms with E-state index in [0.717, 1.165) is 29.9 Å². The average Bonchev–Trinajstić information content (AvgIpc) is 3.84. The van der Waals surface area contributed by atoms with Gasteiger partial charge in [-0.3, -0.25) is 0 Å². The number of rotatable bonds is 5. The molecule has 1 aliphatic carbocycles. The molecule has 1 aromatic heterocycles. The lowest BCUT2D eigenvalue weighted by Gasteiger charge is -2.29. The number of nitrogens with zero attached hydrogens (tertiary/aromatic N) is 1. The summed E-state index contributed by atoms with van der Waals surface area (Å²) < 4.78 is 0. The molecule has 12 rings (SSSR count). The van der Waals surface area contributed by atoms with E-state index in [9.17, 15) is 0 Å². The molecule has 2 heteroatoms. The van der Waals surface area contributed by atoms with Crippen LogP contribution in [0.2, 0.25) is 0 Å². The van der Waals surface area contributed by atoms with Gasteiger partial charge in [-0.15, -0.1) is 11.3 Å². The lowest BCUT2D eigenvalue weighted by molar-refractivity contribution is 1.14. The minimum atomic E-state index is 0.803. The summed E-state index contributed by atoms with van der Waals surface area (Å²) in [6.45, 7) is 0. The van der Waals surface area contributed by atoms with Crippen LogP contribution in [-0.2, 0) is 12.8 Å². The second-order valence-electron chi connectivity index (χ2n) is 16.4. The summed E-state index contributed by atoms with van der Waals surface area (Å²) >= 11 is 1.85. The summed E-state index contributed by atoms with van der Waals surface area (Å²) in [5, 5.41) is 7.62. The first kappa shape index (κ1) is 36.3. The van der Waals surface area contributed by atoms with Crippen molar-refractivity contribution in [1.82, 2.24) is 0 Å². The summed E-state index contributed by atoms with van der Waals surface area (Å²) in [5.74, 6) is 0. The Labute approximate surface area is 366 Å². The number of hydrogen-bond acceptors (Lipinski definition) is 2. The molecular weight excluding hydrogens is 767 g/mol. The zero-order chi connectivity index (χ0) is 41.0. The number of anilines is 3. The minimum absolute atomic E-state index is 0.803. The van der Waals surface area contributed by atoms with Gasteiger partial charge in [-0.2, -0.15) is 0 Å². The maximum atomic E-state index is 2.51. The second-order valence-corrected chi connectivity index (χ2v) is 17.5. The fourth-order valence-corrected chi connectivity index (χ4v) is 11.0. The van der Waals surface area contributed by atoms with Crippen LogP contribution in [-0.4, -0.2) is 0 Å². The molecule has 62 heavy (non-hydrogen) atoms. The van der Waals surface area contributed by atoms with Crippen molar-refractivity contribution in [1.29, 1.82) is 0 Å². The maximum Gasteiger partial charge on any atom is 0.0548 e. The standard InChI is InChI=1S/C60H41NS/c1-2-16-40(17-3-1)59-34-35-60(62-59)56-28-14-15-29-58(56)61(46-31-33-55-53-26-11-10-24-51(53)52-25-12-13-27-54(52)57(55)39-46)45-30-32-50-44(38-45)37-43-20-6-8-22-48(43)47-21-7-4-18-41(47)36-42-19-5-9-23-49(42)50/h1-35,38-39H,36-37H2. The Morgan fingerprint density at radius 1 is 0.290 bits per heavy atom. The smallest absolute Gasteiger partial charge is 0.0548 e. The van der Waals surface area contributed by atoms with Gasteiger partial charge in [-0.05, 0) is 138 Å². The predicted octanol–water partition coefficient (Wildman–Crippen LogP) is 16.8. The molecule has 1 aliphatic rings. The minimum Gasteiger partial charge on any atom is -0.310 e. The lowest BCUT2D eigenvalue weighted by Crippen LogP contribution is -2.12. The van der Waals surface area contributed by atoms with Crippen molar-refractivity contribution >= 4 is 60.7 Å². The van der Waals surface area contributed by atoms with Crippen molar-refractivity contribution in [2.24, 2.45) is 0 Å². The average molecular weight is 808 g/mol. The second kappa shape index (κ2) is 15.2. The fraction of sp³-hybridized carbons (Fsp3) is 0.0333. The molecule has 11 aromatic rings. The highest BCUT2D eigenvalue weighted by atomic mass is 32.1. The van der Waals surface area contributed by atoms with Crippen LogP contribution in [0.1, 0.15) is 22.3 Å². The van der Waals surface area contributed by atoms with Gasteiger partial charge in [0.2, 0.25) is 0 Å². The van der Waals surface area contributed by atoms with E-state index in [4.69, 9.17) is 0 Å². The van der Waals surface area contributed by atoms with Crippen LogP contribution >= 0.6 is 11.3 Å². The van der Waals surface area contributed by atoms with Gasteiger partial charge >= 0.3 is 0 Å². The first-order valence-corrected chi connectivity index (χ1v) is 22.3. The largest absolute Gasteiger partial charge is 0.310 e. The van der Waals surface area contributed by atoms with Crippen LogP contribution in [0.15, 0.2) is 224 Å². The predicted molar refractivity (Wildman–Crippen MR) is 265 cm³/mol. The molecule has 1 nitrogen and oxygen atoms in total. The van der Waals surface area contributed by atoms with Gasteiger partial charge in [-0.25, -0.2) is 0 Å². The molecule has 292 valence electrons. The molecule has 0 spiro atoms. The molecule has 0 saturated heterocycles. The Kier molecular flexibility index (Phi) is 8.90. The molecule has 0 N–H and O–H groups in total. The van der Waals surface area contributed by atoms with Crippen LogP contribution < -0.4 is 4.90 Å². The van der Waals surface area contributed by atoms with Crippen molar-refractivity contribution < 1.29 is 0 Å². The summed E-state index contributed by atoms with van der Waals surface area (Å²) in [6.07, 6.45) is 1.67. The third-order valence-electron chi connectivity index (χ3n) is 12.8. The van der Waals surface area contributed by atoms with E-state index in [0.29, 0.717) is 0 Å². The Hall–Kier alpha value is -7.52. The maximum absolute atomic E-state index is 2.51. The number of fused-ring (bicyclic) bond motifs is 12. The highest BCUT2D eigenvalue weighted by Crippen LogP contribution is 2.47. The first-order chi connectivity index (χ1) is 30.7. The normalized spacial score (nSPS) is 12.1. The topological polar surface area (TPSA) is 3.24 Å². The van der Waals surface area contributed by atoms with E-state index < -0.39 is 0 Å². The highest BCUT2D eigenvalue weighted by molar-refractivity contribution is 7.18. The monoisotopic (exact) mass is 807 g/mol. The molecule has 1 heterocycles. The van der Waals surface area contributed by atoms with E-state index in [1.54, 1.807) is 0 Å². The Morgan fingerprint density at radius 2 is 0.726 bits per heavy atom. The fourth-order valence-electron chi connectivity index (χ4n) is 9.93. The third-order valence-corrected chi connectivity index (χ3v) is 14.0. The van der Waals surface area contributed by atoms with Crippen molar-refractivity contribution in [2.45, 2.75) is 12.8 Å². The summed E-state index contributed by atoms with van der Waals surface area (Å²) in [5.41, 5.74) is 16.4. The zero-order valence-corrected chi connectivity index (χ0v) is 34.9. The molecule has 0 aliphatic heterocycles. The molecule has 10 aromatic carbocycles. The van der Waals surface area contributed by atoms with E-state index >= 15 is 0 Å². The Bertz CT molecular complexity index is 3450. The lowest BCUT2D eigenvalue weighted by atomic mass is 9.84. The van der Waals surface area contributed by atoms with Crippen molar-refractivity contribution in [3.05, 3.63) is 247 Å². The molecule has 0 saturated carbocycles. The molecular formula is C60H41NS. The third kappa shape index (κ3) is 6.22. The Balaban J connectivity index is 1.10. The first-order valence-electron chi connectivity index (χ1n) is 21.5. The van der Waals surface area contributed by atoms with Crippen LogP contribution in [0.3, 0.4) is 0 Å². The van der Waals surface area contributed by atoms with Gasteiger partial charge in [0, 0.05) is 26.7 Å². The van der Waals surface area contributed by atoms with Gasteiger partial charge in [0.25, 0.3) is 0 Å². The van der Waals surface area contributed by atoms with Gasteiger partial charge < -0.3 is 4.90 Å². The van der Waals surface area contributed by atoms with Crippen LogP contribution in [0.4, 0.5) is 17.1 Å². The number of benzene rings is 10. The Morgan fingerprint density at radius 3 is 1.35 bits per heavy atom. The molecule has 0 bridgehead atoms. The van der Waals surface area contributed by atoms with Gasteiger partial charge in [-0.1, -0.05) is 182 Å². The highest BCUT2D eigenvalue weighted by Gasteiger charge is 2.23. The van der Waals surface area contributed by atoms with Gasteiger partial charge in [0.15, 0.2) is 0 Å². The summed E-state index contributed by atoms with van der Waals surface area (Å²) in [7, 11) is 0. The van der Waals surface area contributed by atoms with E-state index in [1.165, 1.54) is 97.7 Å². The van der Waals surface area contributed by atoms with Crippen molar-refractivity contribution in [2.75, 3.05) is 4.90 Å². The molecule has 0 radical (unpaired) electrons. The van der Waals surface area contributed by atoms with Crippen LogP contribution in [0, 0.1) is 0 Å². The quantitative estimate of drug-likeness (QED) is 0.157. The van der Waals surface area contributed by atoms with Crippen LogP contribution in [0.5, 0.6) is 0 Å². The van der Waals surface area contributed by atoms with Crippen molar-refractivity contribution in [3.63, 3.8) is 0 Å². The summed E-state index contributed by atoms with van der Waals surface area (Å²) in [6, 6.07) is 83.3. The van der Waals surface area contributed by atoms with E-state index in [1.807, 2.05) is 11.3 Å². The number of thiophene rings is 1. The van der Waals surface area contributed by atoms with E-state index in [-0.39, 0.29) is 0 Å². The molecule has 0 fully saturated rings. The summed E-state index contributed by atoms with van der Waals surface area (Å²) in [4.78, 5) is 5.01. The van der Waals surface area contributed by atoms with Crippen molar-refractivity contribution in [3.8, 4) is 43.1 Å².